The summed E-state index contributed by atoms with van der Waals surface area (Å²) in [6.45, 7) is 0. The van der Waals surface area contributed by atoms with E-state index in [1.165, 1.54) is 39.0 Å². The summed E-state index contributed by atoms with van der Waals surface area (Å²) in [7, 11) is 0. The molecule has 0 fully saturated rings. The van der Waals surface area contributed by atoms with Crippen LogP contribution in [0, 0.1) is 0 Å². The molecule has 4 aromatic rings. The predicted molar refractivity (Wildman–Crippen MR) is 144 cm³/mol. The maximum absolute atomic E-state index is 3.15. The first kappa shape index (κ1) is 21.6. The minimum atomic E-state index is -3.15. The fourth-order valence-corrected chi connectivity index (χ4v) is 15.7. The Labute approximate surface area is 207 Å². The molecule has 0 saturated carbocycles. The molecule has 0 aromatic heterocycles. The van der Waals surface area contributed by atoms with Crippen LogP contribution in [-0.2, 0) is 26.2 Å². The van der Waals surface area contributed by atoms with Gasteiger partial charge in [0, 0.05) is 0 Å². The number of hydrogen-bond acceptors (Lipinski definition) is 0. The van der Waals surface area contributed by atoms with Gasteiger partial charge in [-0.05, 0) is 0 Å². The van der Waals surface area contributed by atoms with E-state index in [1.54, 1.807) is 12.0 Å². The molecule has 4 aromatic carbocycles. The number of benzene rings is 4. The van der Waals surface area contributed by atoms with Gasteiger partial charge in [-0.2, -0.15) is 0 Å². The van der Waals surface area contributed by atoms with Gasteiger partial charge in [0.05, 0.1) is 0 Å². The van der Waals surface area contributed by atoms with Crippen LogP contribution in [0.3, 0.4) is 0 Å². The Morgan fingerprint density at radius 2 is 1.26 bits per heavy atom. The summed E-state index contributed by atoms with van der Waals surface area (Å²) < 4.78 is 8.54. The molecule has 0 spiro atoms. The fourth-order valence-electron chi connectivity index (χ4n) is 6.06. The molecule has 0 saturated heterocycles. The molecule has 0 bridgehead atoms. The second kappa shape index (κ2) is 8.72. The molecule has 0 aliphatic heterocycles. The van der Waals surface area contributed by atoms with E-state index >= 15 is 0 Å². The maximum atomic E-state index is 2.63. The van der Waals surface area contributed by atoms with Gasteiger partial charge >= 0.3 is 208 Å². The normalized spacial score (nSPS) is 14.0. The zero-order valence-corrected chi connectivity index (χ0v) is 22.3. The van der Waals surface area contributed by atoms with E-state index < -0.39 is 19.8 Å². The van der Waals surface area contributed by atoms with E-state index in [2.05, 4.69) is 125 Å². The van der Waals surface area contributed by atoms with Crippen molar-refractivity contribution in [3.63, 3.8) is 0 Å². The Bertz CT molecular complexity index is 1450. The van der Waals surface area contributed by atoms with Crippen LogP contribution in [0.5, 0.6) is 0 Å². The fraction of sp³-hybridized carbons (Fsp3) is 0.121. The molecule has 1 heteroatoms. The van der Waals surface area contributed by atoms with Gasteiger partial charge in [0.25, 0.3) is 0 Å². The van der Waals surface area contributed by atoms with Gasteiger partial charge in [-0.1, -0.05) is 0 Å². The summed E-state index contributed by atoms with van der Waals surface area (Å²) in [6, 6.07) is 36.1. The molecule has 34 heavy (non-hydrogen) atoms. The topological polar surface area (TPSA) is 0 Å². The molecule has 0 N–H and O–H groups in total. The van der Waals surface area contributed by atoms with Crippen molar-refractivity contribution in [1.29, 1.82) is 0 Å². The van der Waals surface area contributed by atoms with E-state index in [1.807, 2.05) is 0 Å². The van der Waals surface area contributed by atoms with Crippen LogP contribution in [0.15, 0.2) is 115 Å². The standard InChI is InChI=1S/C18H13.C13H10.2CH3.Zr/c1-2-6-13(5-1)14-9-10-18-16(11-14)12-15-7-3-4-8-17(15)18;1-3-7-12(8-4-1)11-13-9-5-2-6-10-13;;;/h1-5,7-10H,6,12H2;1-10H;2*1H3;. The Morgan fingerprint density at radius 1 is 0.647 bits per heavy atom. The first-order valence-electron chi connectivity index (χ1n) is 12.2. The van der Waals surface area contributed by atoms with Gasteiger partial charge in [0.1, 0.15) is 0 Å². The van der Waals surface area contributed by atoms with Crippen LogP contribution in [0.2, 0.25) is 9.26 Å². The van der Waals surface area contributed by atoms with Crippen molar-refractivity contribution in [3.8, 4) is 11.1 Å². The van der Waals surface area contributed by atoms with Crippen molar-refractivity contribution in [2.45, 2.75) is 22.1 Å². The average molecular weight is 517 g/mol. The van der Waals surface area contributed by atoms with Gasteiger partial charge in [-0.25, -0.2) is 0 Å². The van der Waals surface area contributed by atoms with Gasteiger partial charge in [-0.15, -0.1) is 0 Å². The third kappa shape index (κ3) is 3.59. The molecule has 0 atom stereocenters. The summed E-state index contributed by atoms with van der Waals surface area (Å²) in [6.07, 6.45) is 8.94. The molecular formula is C33H29Zr. The number of hydrogen-bond donors (Lipinski definition) is 0. The van der Waals surface area contributed by atoms with E-state index in [-0.39, 0.29) is 0 Å². The third-order valence-corrected chi connectivity index (χ3v) is 16.4. The van der Waals surface area contributed by atoms with E-state index in [4.69, 9.17) is 0 Å². The Hall–Kier alpha value is -2.89. The van der Waals surface area contributed by atoms with Crippen molar-refractivity contribution in [2.75, 3.05) is 0 Å². The van der Waals surface area contributed by atoms with Crippen molar-refractivity contribution in [3.05, 3.63) is 143 Å². The van der Waals surface area contributed by atoms with Gasteiger partial charge in [0.15, 0.2) is 0 Å². The first-order valence-corrected chi connectivity index (χ1v) is 19.6. The molecular weight excluding hydrogens is 488 g/mol. The summed E-state index contributed by atoms with van der Waals surface area (Å²) in [5.41, 5.74) is 11.6. The van der Waals surface area contributed by atoms with Crippen LogP contribution >= 0.6 is 0 Å². The Kier molecular flexibility index (Phi) is 5.55. The Balaban J connectivity index is 1.72. The van der Waals surface area contributed by atoms with Gasteiger partial charge in [-0.3, -0.25) is 0 Å². The van der Waals surface area contributed by atoms with Gasteiger partial charge in [0.2, 0.25) is 0 Å². The summed E-state index contributed by atoms with van der Waals surface area (Å²) >= 11 is -3.15. The number of allylic oxidation sites excluding steroid dienone is 4. The second-order valence-electron chi connectivity index (χ2n) is 9.90. The molecule has 0 unspecified atom stereocenters. The van der Waals surface area contributed by atoms with Crippen LogP contribution in [0.4, 0.5) is 0 Å². The number of fused-ring (bicyclic) bond motifs is 3. The quantitative estimate of drug-likeness (QED) is 0.229. The minimum absolute atomic E-state index is 1.03. The molecule has 0 nitrogen and oxygen atoms in total. The zero-order valence-electron chi connectivity index (χ0n) is 19.9. The van der Waals surface area contributed by atoms with Crippen molar-refractivity contribution < 1.29 is 19.8 Å². The van der Waals surface area contributed by atoms with E-state index in [9.17, 15) is 0 Å². The SMILES string of the molecule is [CH3][Zr]([CH3])(=[C](c1ccccc1)c1ccccc1)[c]1c(C2=CC=CC2)ccc2c1Cc1ccccc1-2. The molecule has 0 heterocycles. The molecule has 2 aliphatic rings. The molecule has 165 valence electrons. The van der Waals surface area contributed by atoms with Crippen molar-refractivity contribution >= 4 is 12.1 Å². The van der Waals surface area contributed by atoms with Crippen LogP contribution in [0.25, 0.3) is 16.7 Å². The van der Waals surface area contributed by atoms with Crippen LogP contribution < -0.4 is 3.27 Å². The average Bonchev–Trinajstić information content (AvgIpc) is 3.53. The van der Waals surface area contributed by atoms with E-state index in [0.29, 0.717) is 0 Å². The zero-order chi connectivity index (χ0) is 23.1. The summed E-state index contributed by atoms with van der Waals surface area (Å²) in [5.74, 6) is 0. The van der Waals surface area contributed by atoms with Gasteiger partial charge < -0.3 is 0 Å². The Morgan fingerprint density at radius 3 is 1.91 bits per heavy atom. The van der Waals surface area contributed by atoms with Crippen LogP contribution in [0.1, 0.15) is 34.2 Å². The molecule has 0 radical (unpaired) electrons. The van der Waals surface area contributed by atoms with Crippen LogP contribution in [-0.4, -0.2) is 3.21 Å². The van der Waals surface area contributed by atoms with E-state index in [0.717, 1.165) is 12.8 Å². The van der Waals surface area contributed by atoms with Crippen molar-refractivity contribution in [2.24, 2.45) is 0 Å². The monoisotopic (exact) mass is 515 g/mol. The van der Waals surface area contributed by atoms with Crippen molar-refractivity contribution in [1.82, 2.24) is 0 Å². The summed E-state index contributed by atoms with van der Waals surface area (Å²) in [5, 5.41) is 0. The first-order chi connectivity index (χ1) is 16.6. The predicted octanol–water partition coefficient (Wildman–Crippen LogP) is 7.75. The molecule has 0 amide bonds. The number of rotatable bonds is 4. The molecule has 6 rings (SSSR count). The summed E-state index contributed by atoms with van der Waals surface area (Å²) in [4.78, 5) is 0. The third-order valence-electron chi connectivity index (χ3n) is 7.48. The molecule has 2 aliphatic carbocycles. The second-order valence-corrected chi connectivity index (χ2v) is 20.4.